The quantitative estimate of drug-likeness (QED) is 0.783. The van der Waals surface area contributed by atoms with E-state index in [2.05, 4.69) is 0 Å². The highest BCUT2D eigenvalue weighted by Crippen LogP contribution is 2.12. The van der Waals surface area contributed by atoms with Crippen LogP contribution in [0.1, 0.15) is 17.3 Å². The molecule has 0 aliphatic carbocycles. The van der Waals surface area contributed by atoms with Crippen LogP contribution in [0.5, 0.6) is 0 Å². The minimum absolute atomic E-state index is 0.350. The van der Waals surface area contributed by atoms with Crippen molar-refractivity contribution in [3.05, 3.63) is 29.8 Å². The lowest BCUT2D eigenvalue weighted by atomic mass is 10.2. The predicted octanol–water partition coefficient (Wildman–Crippen LogP) is 0.913. The Morgan fingerprint density at radius 2 is 2.08 bits per heavy atom. The van der Waals surface area contributed by atoms with Crippen LogP contribution in [0.2, 0.25) is 0 Å². The second-order valence-corrected chi connectivity index (χ2v) is 4.20. The summed E-state index contributed by atoms with van der Waals surface area (Å²) in [4.78, 5) is 11.5. The highest BCUT2D eigenvalue weighted by Gasteiger charge is 2.10. The van der Waals surface area contributed by atoms with Crippen LogP contribution in [0.15, 0.2) is 29.2 Å². The highest BCUT2D eigenvalue weighted by atomic mass is 32.2. The molecule has 0 bridgehead atoms. The zero-order valence-corrected chi connectivity index (χ0v) is 8.14. The van der Waals surface area contributed by atoms with Crippen molar-refractivity contribution in [2.45, 2.75) is 11.8 Å². The van der Waals surface area contributed by atoms with Crippen LogP contribution in [0.4, 0.5) is 0 Å². The molecule has 0 radical (unpaired) electrons. The smallest absolute Gasteiger partial charge is 0.249 e. The summed E-state index contributed by atoms with van der Waals surface area (Å²) in [7, 11) is -1.12. The molecule has 0 saturated heterocycles. The second kappa shape index (κ2) is 4.18. The fraction of sp³-hybridized carbons (Fsp3) is 0.222. The third-order valence-corrected chi connectivity index (χ3v) is 3.03. The molecule has 1 aromatic rings. The number of carbonyl (C=O) groups is 1. The second-order valence-electron chi connectivity index (χ2n) is 2.49. The molecular weight excluding hydrogens is 186 g/mol. The van der Waals surface area contributed by atoms with E-state index in [9.17, 15) is 9.00 Å². The van der Waals surface area contributed by atoms with Crippen LogP contribution < -0.4 is 5.73 Å². The van der Waals surface area contributed by atoms with Crippen LogP contribution >= 0.6 is 0 Å². The molecule has 13 heavy (non-hydrogen) atoms. The third-order valence-electron chi connectivity index (χ3n) is 1.66. The number of hydrogen-bond donors (Lipinski definition) is 1. The van der Waals surface area contributed by atoms with Gasteiger partial charge in [-0.25, -0.2) is 0 Å². The molecule has 1 rings (SSSR count). The van der Waals surface area contributed by atoms with Crippen molar-refractivity contribution < 1.29 is 9.00 Å². The van der Waals surface area contributed by atoms with Crippen molar-refractivity contribution in [3.63, 3.8) is 0 Å². The summed E-state index contributed by atoms with van der Waals surface area (Å²) >= 11 is 0. The summed E-state index contributed by atoms with van der Waals surface area (Å²) in [5.74, 6) is -0.0398. The number of rotatable bonds is 3. The normalized spacial score (nSPS) is 12.4. The Balaban J connectivity index is 3.19. The standard InChI is InChI=1S/C9H11NO2S/c1-2-13(12)8-6-4-3-5-7(8)9(10)11/h3-6H,2H2,1H3,(H2,10,11). The maximum Gasteiger partial charge on any atom is 0.249 e. The van der Waals surface area contributed by atoms with Crippen molar-refractivity contribution in [1.82, 2.24) is 0 Å². The fourth-order valence-electron chi connectivity index (χ4n) is 1.02. The first-order valence-corrected chi connectivity index (χ1v) is 5.26. The highest BCUT2D eigenvalue weighted by molar-refractivity contribution is 7.85. The van der Waals surface area contributed by atoms with Gasteiger partial charge in [-0.05, 0) is 12.1 Å². The van der Waals surface area contributed by atoms with Gasteiger partial charge in [-0.2, -0.15) is 0 Å². The first kappa shape index (κ1) is 9.92. The van der Waals surface area contributed by atoms with Gasteiger partial charge in [0.25, 0.3) is 0 Å². The molecule has 0 heterocycles. The van der Waals surface area contributed by atoms with Gasteiger partial charge in [0.2, 0.25) is 5.91 Å². The monoisotopic (exact) mass is 197 g/mol. The molecule has 0 spiro atoms. The number of amides is 1. The van der Waals surface area contributed by atoms with Gasteiger partial charge in [0.15, 0.2) is 0 Å². The molecule has 1 atom stereocenters. The van der Waals surface area contributed by atoms with E-state index in [1.165, 1.54) is 0 Å². The average molecular weight is 197 g/mol. The van der Waals surface area contributed by atoms with Crippen LogP contribution in [0.3, 0.4) is 0 Å². The number of benzene rings is 1. The Morgan fingerprint density at radius 3 is 2.62 bits per heavy atom. The van der Waals surface area contributed by atoms with E-state index < -0.39 is 16.7 Å². The van der Waals surface area contributed by atoms with Crippen LogP contribution in [-0.2, 0) is 10.8 Å². The predicted molar refractivity (Wildman–Crippen MR) is 51.9 cm³/mol. The zero-order valence-electron chi connectivity index (χ0n) is 7.32. The summed E-state index contributed by atoms with van der Waals surface area (Å²) in [6.45, 7) is 1.80. The van der Waals surface area contributed by atoms with Gasteiger partial charge >= 0.3 is 0 Å². The Kier molecular flexibility index (Phi) is 3.19. The lowest BCUT2D eigenvalue weighted by Gasteiger charge is -2.03. The van der Waals surface area contributed by atoms with Crippen LogP contribution in [0, 0.1) is 0 Å². The number of nitrogens with two attached hydrogens (primary N) is 1. The Labute approximate surface area is 79.4 Å². The zero-order chi connectivity index (χ0) is 9.84. The van der Waals surface area contributed by atoms with E-state index in [1.807, 2.05) is 0 Å². The van der Waals surface area contributed by atoms with E-state index in [0.29, 0.717) is 16.2 Å². The Bertz CT molecular complexity index is 349. The van der Waals surface area contributed by atoms with Gasteiger partial charge in [-0.15, -0.1) is 0 Å². The van der Waals surface area contributed by atoms with E-state index >= 15 is 0 Å². The van der Waals surface area contributed by atoms with Gasteiger partial charge in [0.05, 0.1) is 21.3 Å². The maximum atomic E-state index is 11.4. The van der Waals surface area contributed by atoms with Gasteiger partial charge in [-0.1, -0.05) is 19.1 Å². The first-order valence-electron chi connectivity index (χ1n) is 3.94. The fourth-order valence-corrected chi connectivity index (χ4v) is 1.98. The van der Waals surface area contributed by atoms with Crippen LogP contribution in [-0.4, -0.2) is 15.9 Å². The Morgan fingerprint density at radius 1 is 1.46 bits per heavy atom. The molecule has 0 saturated carbocycles. The number of carbonyl (C=O) groups excluding carboxylic acids is 1. The molecule has 0 aliphatic rings. The lowest BCUT2D eigenvalue weighted by molar-refractivity contribution is 0.0997. The Hall–Kier alpha value is -1.16. The molecule has 1 aromatic carbocycles. The molecule has 0 aliphatic heterocycles. The van der Waals surface area contributed by atoms with E-state index in [1.54, 1.807) is 31.2 Å². The molecule has 1 amide bonds. The molecular formula is C9H11NO2S. The topological polar surface area (TPSA) is 60.2 Å². The molecule has 1 unspecified atom stereocenters. The maximum absolute atomic E-state index is 11.4. The van der Waals surface area contributed by atoms with Crippen molar-refractivity contribution in [3.8, 4) is 0 Å². The molecule has 0 fully saturated rings. The summed E-state index contributed by atoms with van der Waals surface area (Å²) in [5, 5.41) is 0. The number of hydrogen-bond acceptors (Lipinski definition) is 2. The summed E-state index contributed by atoms with van der Waals surface area (Å²) in [5.41, 5.74) is 5.48. The third kappa shape index (κ3) is 2.15. The summed E-state index contributed by atoms with van der Waals surface area (Å²) in [6, 6.07) is 6.71. The van der Waals surface area contributed by atoms with E-state index in [-0.39, 0.29) is 0 Å². The number of primary amides is 1. The minimum atomic E-state index is -1.12. The minimum Gasteiger partial charge on any atom is -0.366 e. The van der Waals surface area contributed by atoms with Gasteiger partial charge in [0.1, 0.15) is 0 Å². The molecule has 3 nitrogen and oxygen atoms in total. The largest absolute Gasteiger partial charge is 0.366 e. The molecule has 4 heteroatoms. The van der Waals surface area contributed by atoms with E-state index in [0.717, 1.165) is 0 Å². The molecule has 0 aromatic heterocycles. The van der Waals surface area contributed by atoms with Crippen LogP contribution in [0.25, 0.3) is 0 Å². The lowest BCUT2D eigenvalue weighted by Crippen LogP contribution is -2.14. The van der Waals surface area contributed by atoms with Crippen molar-refractivity contribution in [1.29, 1.82) is 0 Å². The van der Waals surface area contributed by atoms with E-state index in [4.69, 9.17) is 5.73 Å². The van der Waals surface area contributed by atoms with Crippen molar-refractivity contribution in [2.75, 3.05) is 5.75 Å². The molecule has 2 N–H and O–H groups in total. The van der Waals surface area contributed by atoms with Gasteiger partial charge in [-0.3, -0.25) is 9.00 Å². The average Bonchev–Trinajstić information content (AvgIpc) is 2.16. The van der Waals surface area contributed by atoms with Crippen molar-refractivity contribution in [2.24, 2.45) is 5.73 Å². The summed E-state index contributed by atoms with van der Waals surface area (Å²) in [6.07, 6.45) is 0. The van der Waals surface area contributed by atoms with Gasteiger partial charge < -0.3 is 5.73 Å². The SMILES string of the molecule is CCS(=O)c1ccccc1C(N)=O. The summed E-state index contributed by atoms with van der Waals surface area (Å²) < 4.78 is 11.4. The van der Waals surface area contributed by atoms with Crippen molar-refractivity contribution >= 4 is 16.7 Å². The van der Waals surface area contributed by atoms with Gasteiger partial charge in [0, 0.05) is 5.75 Å². The first-order chi connectivity index (χ1) is 6.16. The molecule has 70 valence electrons.